The van der Waals surface area contributed by atoms with Gasteiger partial charge >= 0.3 is 0 Å². The summed E-state index contributed by atoms with van der Waals surface area (Å²) in [6.07, 6.45) is 0. The molecule has 0 aliphatic rings. The molecular weight excluding hydrogens is 136 g/mol. The lowest BCUT2D eigenvalue weighted by Crippen LogP contribution is -2.25. The van der Waals surface area contributed by atoms with Crippen LogP contribution in [0.4, 0.5) is 0 Å². The highest BCUT2D eigenvalue weighted by Crippen LogP contribution is 1.94. The van der Waals surface area contributed by atoms with Gasteiger partial charge in [0.05, 0.1) is 11.1 Å². The summed E-state index contributed by atoms with van der Waals surface area (Å²) in [5, 5.41) is 8.23. The molecule has 0 fully saturated rings. The van der Waals surface area contributed by atoms with Crippen molar-refractivity contribution in [3.05, 3.63) is 0 Å². The molecule has 0 radical (unpaired) electrons. The fourth-order valence-corrected chi connectivity index (χ4v) is 0.574. The van der Waals surface area contributed by atoms with E-state index in [9.17, 15) is 4.79 Å². The molecular formula is C5H6N2OS. The molecule has 0 unspecified atom stereocenters. The molecule has 0 bridgehead atoms. The normalized spacial score (nSPS) is 11.6. The molecule has 0 amide bonds. The van der Waals surface area contributed by atoms with Crippen LogP contribution in [0, 0.1) is 17.2 Å². The minimum atomic E-state index is -0.903. The van der Waals surface area contributed by atoms with E-state index in [2.05, 4.69) is 12.2 Å². The number of hydrogen-bond acceptors (Lipinski definition) is 3. The van der Waals surface area contributed by atoms with Crippen LogP contribution in [-0.4, -0.2) is 10.8 Å². The first-order valence-electron chi connectivity index (χ1n) is 2.29. The number of rotatable bonds is 2. The highest BCUT2D eigenvalue weighted by molar-refractivity contribution is 7.80. The van der Waals surface area contributed by atoms with Gasteiger partial charge in [-0.25, -0.2) is 0 Å². The van der Waals surface area contributed by atoms with Crippen LogP contribution in [0.3, 0.4) is 0 Å². The van der Waals surface area contributed by atoms with Gasteiger partial charge in [0.1, 0.15) is 0 Å². The summed E-state index contributed by atoms with van der Waals surface area (Å²) in [5.74, 6) is -1.20. The number of nitrogens with zero attached hydrogens (tertiary/aromatic N) is 1. The van der Waals surface area contributed by atoms with Gasteiger partial charge in [0.2, 0.25) is 0 Å². The van der Waals surface area contributed by atoms with Crippen LogP contribution in [0.5, 0.6) is 0 Å². The second-order valence-electron chi connectivity index (χ2n) is 1.58. The molecule has 0 aliphatic carbocycles. The Kier molecular flexibility index (Phi) is 2.82. The van der Waals surface area contributed by atoms with Crippen molar-refractivity contribution in [2.75, 3.05) is 0 Å². The summed E-state index contributed by atoms with van der Waals surface area (Å²) in [6.45, 7) is 1.28. The van der Waals surface area contributed by atoms with Crippen LogP contribution >= 0.6 is 12.2 Å². The van der Waals surface area contributed by atoms with Crippen LogP contribution in [0.1, 0.15) is 6.92 Å². The Labute approximate surface area is 58.5 Å². The zero-order chi connectivity index (χ0) is 7.44. The Bertz CT molecular complexity index is 168. The quantitative estimate of drug-likeness (QED) is 0.551. The van der Waals surface area contributed by atoms with E-state index in [0.29, 0.717) is 0 Å². The Hall–Kier alpha value is -0.950. The molecule has 0 heterocycles. The molecule has 48 valence electrons. The molecule has 9 heavy (non-hydrogen) atoms. The van der Waals surface area contributed by atoms with Gasteiger partial charge in [0, 0.05) is 0 Å². The number of hydrogen-bond donors (Lipinski definition) is 1. The maximum atomic E-state index is 10.4. The third-order valence-corrected chi connectivity index (χ3v) is 1.06. The van der Waals surface area contributed by atoms with Crippen LogP contribution in [-0.2, 0) is 4.79 Å². The van der Waals surface area contributed by atoms with Crippen molar-refractivity contribution in [1.29, 1.82) is 5.26 Å². The predicted molar refractivity (Wildman–Crippen MR) is 36.6 cm³/mol. The van der Waals surface area contributed by atoms with Gasteiger partial charge in [-0.15, -0.1) is 0 Å². The second-order valence-corrected chi connectivity index (χ2v) is 2.05. The summed E-state index contributed by atoms with van der Waals surface area (Å²) in [7, 11) is 0. The van der Waals surface area contributed by atoms with Crippen LogP contribution in [0.25, 0.3) is 0 Å². The molecule has 0 rings (SSSR count). The first-order valence-corrected chi connectivity index (χ1v) is 2.69. The number of nitrogens with two attached hydrogens (primary N) is 1. The van der Waals surface area contributed by atoms with E-state index < -0.39 is 5.92 Å². The monoisotopic (exact) mass is 142 g/mol. The first kappa shape index (κ1) is 8.05. The largest absolute Gasteiger partial charge is 0.392 e. The van der Waals surface area contributed by atoms with Gasteiger partial charge in [-0.1, -0.05) is 12.2 Å². The van der Waals surface area contributed by atoms with E-state index in [0.717, 1.165) is 0 Å². The number of ketones is 1. The summed E-state index contributed by atoms with van der Waals surface area (Å²) in [5.41, 5.74) is 5.04. The topological polar surface area (TPSA) is 66.9 Å². The Balaban J connectivity index is 4.22. The third-order valence-electron chi connectivity index (χ3n) is 0.820. The number of thiocarbonyl (C=S) groups is 1. The van der Waals surface area contributed by atoms with Crippen molar-refractivity contribution in [3.8, 4) is 6.07 Å². The zero-order valence-corrected chi connectivity index (χ0v) is 5.73. The Morgan fingerprint density at radius 2 is 2.33 bits per heavy atom. The molecule has 0 saturated carbocycles. The van der Waals surface area contributed by atoms with Gasteiger partial charge in [-0.2, -0.15) is 5.26 Å². The standard InChI is InChI=1S/C5H6N2OS/c1-3(8)4(2-6)5(7)9/h4H,1H3,(H2,7,9)/t4-/m1/s1. The van der Waals surface area contributed by atoms with E-state index in [1.807, 2.05) is 0 Å². The van der Waals surface area contributed by atoms with Gasteiger partial charge < -0.3 is 5.73 Å². The van der Waals surface area contributed by atoms with Gasteiger partial charge in [0.15, 0.2) is 11.7 Å². The molecule has 2 N–H and O–H groups in total. The van der Waals surface area contributed by atoms with Crippen LogP contribution in [0.15, 0.2) is 0 Å². The molecule has 0 spiro atoms. The third kappa shape index (κ3) is 2.20. The molecule has 4 heteroatoms. The molecule has 0 aromatic carbocycles. The molecule has 0 aromatic rings. The summed E-state index contributed by atoms with van der Waals surface area (Å²) >= 11 is 4.43. The molecule has 0 aliphatic heterocycles. The SMILES string of the molecule is CC(=O)[C@@H](C#N)C(N)=S. The van der Waals surface area contributed by atoms with Gasteiger partial charge in [-0.3, -0.25) is 4.79 Å². The van der Waals surface area contributed by atoms with Crippen molar-refractivity contribution in [2.24, 2.45) is 11.7 Å². The lowest BCUT2D eigenvalue weighted by molar-refractivity contribution is -0.117. The fourth-order valence-electron chi connectivity index (χ4n) is 0.355. The van der Waals surface area contributed by atoms with Gasteiger partial charge in [0.25, 0.3) is 0 Å². The molecule has 0 aromatic heterocycles. The highest BCUT2D eigenvalue weighted by Gasteiger charge is 2.14. The second kappa shape index (κ2) is 3.15. The molecule has 1 atom stereocenters. The van der Waals surface area contributed by atoms with E-state index in [4.69, 9.17) is 11.0 Å². The lowest BCUT2D eigenvalue weighted by atomic mass is 10.1. The maximum absolute atomic E-state index is 10.4. The van der Waals surface area contributed by atoms with Crippen molar-refractivity contribution >= 4 is 23.0 Å². The molecule has 0 saturated heterocycles. The lowest BCUT2D eigenvalue weighted by Gasteiger charge is -1.98. The van der Waals surface area contributed by atoms with E-state index >= 15 is 0 Å². The summed E-state index contributed by atoms with van der Waals surface area (Å²) in [6, 6.07) is 1.69. The van der Waals surface area contributed by atoms with E-state index in [-0.39, 0.29) is 10.8 Å². The average molecular weight is 142 g/mol. The summed E-state index contributed by atoms with van der Waals surface area (Å²) in [4.78, 5) is 10.4. The Morgan fingerprint density at radius 3 is 2.33 bits per heavy atom. The smallest absolute Gasteiger partial charge is 0.154 e. The Morgan fingerprint density at radius 1 is 1.89 bits per heavy atom. The number of nitriles is 1. The van der Waals surface area contributed by atoms with Crippen molar-refractivity contribution in [2.45, 2.75) is 6.92 Å². The number of Topliss-reactive ketones (excluding diaryl/α,β-unsaturated/α-hetero) is 1. The zero-order valence-electron chi connectivity index (χ0n) is 4.92. The van der Waals surface area contributed by atoms with E-state index in [1.54, 1.807) is 6.07 Å². The van der Waals surface area contributed by atoms with E-state index in [1.165, 1.54) is 6.92 Å². The highest BCUT2D eigenvalue weighted by atomic mass is 32.1. The minimum Gasteiger partial charge on any atom is -0.392 e. The number of carbonyl (C=O) groups excluding carboxylic acids is 1. The fraction of sp³-hybridized carbons (Fsp3) is 0.400. The van der Waals surface area contributed by atoms with Crippen molar-refractivity contribution in [3.63, 3.8) is 0 Å². The molecule has 3 nitrogen and oxygen atoms in total. The minimum absolute atomic E-state index is 0.0509. The first-order chi connectivity index (χ1) is 4.09. The van der Waals surface area contributed by atoms with Gasteiger partial charge in [-0.05, 0) is 6.92 Å². The average Bonchev–Trinajstić information content (AvgIpc) is 1.64. The van der Waals surface area contributed by atoms with Crippen LogP contribution < -0.4 is 5.73 Å². The number of carbonyl (C=O) groups is 1. The predicted octanol–water partition coefficient (Wildman–Crippen LogP) is 0.00128. The summed E-state index contributed by atoms with van der Waals surface area (Å²) < 4.78 is 0. The van der Waals surface area contributed by atoms with Crippen LogP contribution in [0.2, 0.25) is 0 Å². The maximum Gasteiger partial charge on any atom is 0.154 e. The van der Waals surface area contributed by atoms with Crippen molar-refractivity contribution < 1.29 is 4.79 Å². The van der Waals surface area contributed by atoms with Crippen molar-refractivity contribution in [1.82, 2.24) is 0 Å².